The van der Waals surface area contributed by atoms with Crippen molar-refractivity contribution in [2.45, 2.75) is 69.6 Å². The SMILES string of the molecule is CCOC(=O)c1ccc(CCS(=O)(=O)c2ccc3c(c2)C(C)(C)CCC3(C)C)cc1. The van der Waals surface area contributed by atoms with E-state index >= 15 is 0 Å². The highest BCUT2D eigenvalue weighted by Gasteiger charge is 2.37. The molecular weight excluding hydrogens is 396 g/mol. The first kappa shape index (κ1) is 22.5. The summed E-state index contributed by atoms with van der Waals surface area (Å²) in [5.74, 6) is -0.328. The molecule has 5 heteroatoms. The smallest absolute Gasteiger partial charge is 0.338 e. The van der Waals surface area contributed by atoms with Gasteiger partial charge in [0.25, 0.3) is 0 Å². The summed E-state index contributed by atoms with van der Waals surface area (Å²) in [5.41, 5.74) is 3.80. The van der Waals surface area contributed by atoms with Crippen molar-refractivity contribution in [2.24, 2.45) is 0 Å². The summed E-state index contributed by atoms with van der Waals surface area (Å²) in [4.78, 5) is 12.2. The minimum absolute atomic E-state index is 0.0285. The molecular formula is C25H32O4S. The van der Waals surface area contributed by atoms with Gasteiger partial charge in [0.15, 0.2) is 9.84 Å². The number of aryl methyl sites for hydroxylation is 1. The number of carbonyl (C=O) groups is 1. The number of rotatable bonds is 6. The molecule has 0 atom stereocenters. The predicted molar refractivity (Wildman–Crippen MR) is 120 cm³/mol. The van der Waals surface area contributed by atoms with Crippen molar-refractivity contribution in [3.05, 3.63) is 64.7 Å². The summed E-state index contributed by atoms with van der Waals surface area (Å²) in [6.45, 7) is 10.9. The van der Waals surface area contributed by atoms with Crippen molar-refractivity contribution in [3.8, 4) is 0 Å². The zero-order chi connectivity index (χ0) is 22.2. The molecule has 0 fully saturated rings. The molecule has 1 aliphatic rings. The molecule has 30 heavy (non-hydrogen) atoms. The predicted octanol–water partition coefficient (Wildman–Crippen LogP) is 5.23. The Morgan fingerprint density at radius 2 is 1.53 bits per heavy atom. The Morgan fingerprint density at radius 1 is 0.933 bits per heavy atom. The highest BCUT2D eigenvalue weighted by atomic mass is 32.2. The summed E-state index contributed by atoms with van der Waals surface area (Å²) < 4.78 is 31.1. The average Bonchev–Trinajstić information content (AvgIpc) is 2.70. The maximum atomic E-state index is 13.0. The second kappa shape index (κ2) is 8.18. The number of ether oxygens (including phenoxy) is 1. The minimum Gasteiger partial charge on any atom is -0.462 e. The lowest BCUT2D eigenvalue weighted by Gasteiger charge is -2.42. The number of benzene rings is 2. The molecule has 162 valence electrons. The lowest BCUT2D eigenvalue weighted by molar-refractivity contribution is 0.0526. The first-order chi connectivity index (χ1) is 14.0. The van der Waals surface area contributed by atoms with Crippen LogP contribution in [0.15, 0.2) is 47.4 Å². The fraction of sp³-hybridized carbons (Fsp3) is 0.480. The molecule has 2 aromatic carbocycles. The Hall–Kier alpha value is -2.14. The van der Waals surface area contributed by atoms with Gasteiger partial charge in [-0.3, -0.25) is 0 Å². The van der Waals surface area contributed by atoms with E-state index in [1.165, 1.54) is 5.56 Å². The van der Waals surface area contributed by atoms with Crippen molar-refractivity contribution < 1.29 is 17.9 Å². The number of esters is 1. The first-order valence-electron chi connectivity index (χ1n) is 10.6. The van der Waals surface area contributed by atoms with Gasteiger partial charge in [0.05, 0.1) is 22.8 Å². The van der Waals surface area contributed by atoms with Crippen LogP contribution in [0.3, 0.4) is 0 Å². The van der Waals surface area contributed by atoms with E-state index in [1.807, 2.05) is 12.1 Å². The summed E-state index contributed by atoms with van der Waals surface area (Å²) >= 11 is 0. The fourth-order valence-electron chi connectivity index (χ4n) is 4.15. The second-order valence-electron chi connectivity index (χ2n) is 9.46. The molecule has 0 saturated heterocycles. The third-order valence-electron chi connectivity index (χ3n) is 6.31. The van der Waals surface area contributed by atoms with Gasteiger partial charge in [0, 0.05) is 0 Å². The molecule has 0 unspecified atom stereocenters. The van der Waals surface area contributed by atoms with Gasteiger partial charge in [-0.25, -0.2) is 13.2 Å². The summed E-state index contributed by atoms with van der Waals surface area (Å²) in [6.07, 6.45) is 2.54. The molecule has 0 amide bonds. The number of hydrogen-bond donors (Lipinski definition) is 0. The zero-order valence-electron chi connectivity index (χ0n) is 18.6. The molecule has 3 rings (SSSR count). The van der Waals surface area contributed by atoms with Crippen LogP contribution in [0.1, 0.15) is 74.5 Å². The maximum Gasteiger partial charge on any atom is 0.338 e. The fourth-order valence-corrected chi connectivity index (χ4v) is 5.47. The molecule has 0 aromatic heterocycles. The van der Waals surface area contributed by atoms with E-state index in [4.69, 9.17) is 4.74 Å². The highest BCUT2D eigenvalue weighted by molar-refractivity contribution is 7.91. The standard InChI is InChI=1S/C25H32O4S/c1-6-29-23(26)19-9-7-18(8-10-19)13-16-30(27,28)20-11-12-21-22(17-20)25(4,5)15-14-24(21,2)3/h7-12,17H,6,13-16H2,1-5H3. The van der Waals surface area contributed by atoms with Gasteiger partial charge in [-0.2, -0.15) is 0 Å². The van der Waals surface area contributed by atoms with Gasteiger partial charge in [0.2, 0.25) is 0 Å². The van der Waals surface area contributed by atoms with Crippen LogP contribution in [-0.2, 0) is 31.8 Å². The van der Waals surface area contributed by atoms with Crippen molar-refractivity contribution >= 4 is 15.8 Å². The molecule has 0 heterocycles. The topological polar surface area (TPSA) is 60.4 Å². The van der Waals surface area contributed by atoms with Gasteiger partial charge < -0.3 is 4.74 Å². The Kier molecular flexibility index (Phi) is 6.15. The molecule has 2 aromatic rings. The molecule has 0 aliphatic heterocycles. The third-order valence-corrected chi connectivity index (χ3v) is 8.02. The number of hydrogen-bond acceptors (Lipinski definition) is 4. The van der Waals surface area contributed by atoms with Crippen molar-refractivity contribution in [2.75, 3.05) is 12.4 Å². The Morgan fingerprint density at radius 3 is 2.13 bits per heavy atom. The van der Waals surface area contributed by atoms with E-state index in [2.05, 4.69) is 27.7 Å². The maximum absolute atomic E-state index is 13.0. The molecule has 0 radical (unpaired) electrons. The van der Waals surface area contributed by atoms with Crippen LogP contribution in [-0.4, -0.2) is 26.7 Å². The van der Waals surface area contributed by atoms with Crippen LogP contribution in [0.5, 0.6) is 0 Å². The summed E-state index contributed by atoms with van der Waals surface area (Å²) in [6, 6.07) is 12.6. The van der Waals surface area contributed by atoms with Gasteiger partial charge >= 0.3 is 5.97 Å². The molecule has 0 N–H and O–H groups in total. The second-order valence-corrected chi connectivity index (χ2v) is 11.6. The summed E-state index contributed by atoms with van der Waals surface area (Å²) in [7, 11) is -3.41. The van der Waals surface area contributed by atoms with E-state index in [0.717, 1.165) is 24.0 Å². The monoisotopic (exact) mass is 428 g/mol. The first-order valence-corrected chi connectivity index (χ1v) is 12.3. The number of fused-ring (bicyclic) bond motifs is 1. The van der Waals surface area contributed by atoms with Crippen molar-refractivity contribution in [1.29, 1.82) is 0 Å². The minimum atomic E-state index is -3.41. The Labute approximate surface area is 180 Å². The van der Waals surface area contributed by atoms with E-state index in [0.29, 0.717) is 23.5 Å². The van der Waals surface area contributed by atoms with E-state index in [9.17, 15) is 13.2 Å². The lowest BCUT2D eigenvalue weighted by atomic mass is 9.63. The Bertz CT molecular complexity index is 1030. The highest BCUT2D eigenvalue weighted by Crippen LogP contribution is 2.46. The molecule has 4 nitrogen and oxygen atoms in total. The van der Waals surface area contributed by atoms with Crippen LogP contribution in [0.25, 0.3) is 0 Å². The largest absolute Gasteiger partial charge is 0.462 e. The average molecular weight is 429 g/mol. The van der Waals surface area contributed by atoms with Crippen molar-refractivity contribution in [1.82, 2.24) is 0 Å². The summed E-state index contributed by atoms with van der Waals surface area (Å²) in [5, 5.41) is 0. The Balaban J connectivity index is 1.79. The zero-order valence-corrected chi connectivity index (χ0v) is 19.4. The van der Waals surface area contributed by atoms with Crippen LogP contribution < -0.4 is 0 Å². The van der Waals surface area contributed by atoms with Crippen LogP contribution in [0.4, 0.5) is 0 Å². The molecule has 0 saturated carbocycles. The van der Waals surface area contributed by atoms with E-state index in [-0.39, 0.29) is 22.6 Å². The molecule has 0 spiro atoms. The number of sulfone groups is 1. The molecule has 1 aliphatic carbocycles. The van der Waals surface area contributed by atoms with Crippen LogP contribution >= 0.6 is 0 Å². The number of carbonyl (C=O) groups excluding carboxylic acids is 1. The van der Waals surface area contributed by atoms with Gasteiger partial charge in [-0.15, -0.1) is 0 Å². The lowest BCUT2D eigenvalue weighted by Crippen LogP contribution is -2.34. The van der Waals surface area contributed by atoms with Crippen molar-refractivity contribution in [3.63, 3.8) is 0 Å². The van der Waals surface area contributed by atoms with Gasteiger partial charge in [-0.05, 0) is 78.0 Å². The van der Waals surface area contributed by atoms with Crippen LogP contribution in [0, 0.1) is 0 Å². The normalized spacial score (nSPS) is 17.2. The van der Waals surface area contributed by atoms with E-state index in [1.54, 1.807) is 37.3 Å². The van der Waals surface area contributed by atoms with Gasteiger partial charge in [0.1, 0.15) is 0 Å². The van der Waals surface area contributed by atoms with Gasteiger partial charge in [-0.1, -0.05) is 45.9 Å². The van der Waals surface area contributed by atoms with Crippen LogP contribution in [0.2, 0.25) is 0 Å². The quantitative estimate of drug-likeness (QED) is 0.591. The molecule has 0 bridgehead atoms. The third kappa shape index (κ3) is 4.61. The van der Waals surface area contributed by atoms with E-state index < -0.39 is 9.84 Å².